The maximum Gasteiger partial charge on any atom is 0.234 e. The zero-order valence-electron chi connectivity index (χ0n) is 12.3. The number of nitrogen functional groups attached to an aromatic ring is 1. The molecular formula is C14H18IN5OS. The lowest BCUT2D eigenvalue weighted by molar-refractivity contribution is -0.113. The van der Waals surface area contributed by atoms with E-state index < -0.39 is 0 Å². The van der Waals surface area contributed by atoms with E-state index in [4.69, 9.17) is 5.84 Å². The average molecular weight is 431 g/mol. The van der Waals surface area contributed by atoms with Crippen molar-refractivity contribution in [3.8, 4) is 0 Å². The second-order valence-corrected chi connectivity index (χ2v) is 6.91. The normalized spacial score (nSPS) is 10.6. The van der Waals surface area contributed by atoms with Crippen LogP contribution in [0.2, 0.25) is 0 Å². The molecule has 1 amide bonds. The minimum atomic E-state index is -0.0925. The molecule has 0 unspecified atom stereocenters. The monoisotopic (exact) mass is 431 g/mol. The summed E-state index contributed by atoms with van der Waals surface area (Å²) in [6.45, 7) is 2.11. The third kappa shape index (κ3) is 4.87. The third-order valence-corrected chi connectivity index (χ3v) is 4.54. The van der Waals surface area contributed by atoms with Crippen LogP contribution in [0.4, 0.5) is 5.69 Å². The molecule has 0 aliphatic rings. The van der Waals surface area contributed by atoms with E-state index in [1.54, 1.807) is 0 Å². The van der Waals surface area contributed by atoms with E-state index in [1.807, 2.05) is 24.3 Å². The van der Waals surface area contributed by atoms with Gasteiger partial charge in [0.25, 0.3) is 0 Å². The first kappa shape index (κ1) is 17.1. The Labute approximate surface area is 147 Å². The van der Waals surface area contributed by atoms with Crippen LogP contribution in [0.25, 0.3) is 0 Å². The summed E-state index contributed by atoms with van der Waals surface area (Å²) in [5, 5.41) is 11.5. The molecule has 118 valence electrons. The predicted octanol–water partition coefficient (Wildman–Crippen LogP) is 2.67. The molecule has 0 aliphatic carbocycles. The molecule has 0 atom stereocenters. The van der Waals surface area contributed by atoms with E-state index in [2.05, 4.69) is 45.0 Å². The molecule has 1 aromatic carbocycles. The summed E-state index contributed by atoms with van der Waals surface area (Å²) >= 11 is 3.49. The van der Waals surface area contributed by atoms with Crippen molar-refractivity contribution in [3.05, 3.63) is 33.7 Å². The van der Waals surface area contributed by atoms with Gasteiger partial charge in [-0.2, -0.15) is 0 Å². The van der Waals surface area contributed by atoms with Gasteiger partial charge in [-0.1, -0.05) is 31.2 Å². The largest absolute Gasteiger partial charge is 0.336 e. The molecule has 0 saturated heterocycles. The Balaban J connectivity index is 1.87. The van der Waals surface area contributed by atoms with Gasteiger partial charge in [0, 0.05) is 15.7 Å². The number of hydrogen-bond donors (Lipinski definition) is 2. The first-order chi connectivity index (χ1) is 10.6. The quantitative estimate of drug-likeness (QED) is 0.400. The number of unbranched alkanes of at least 4 members (excludes halogenated alkanes) is 1. The second kappa shape index (κ2) is 8.37. The number of nitrogens with zero attached hydrogens (tertiary/aromatic N) is 3. The van der Waals surface area contributed by atoms with Crippen LogP contribution in [0.15, 0.2) is 29.4 Å². The Bertz CT molecular complexity index is 646. The van der Waals surface area contributed by atoms with E-state index in [-0.39, 0.29) is 11.7 Å². The molecule has 2 aromatic rings. The Morgan fingerprint density at radius 1 is 1.45 bits per heavy atom. The van der Waals surface area contributed by atoms with Gasteiger partial charge in [0.15, 0.2) is 5.82 Å². The highest BCUT2D eigenvalue weighted by molar-refractivity contribution is 14.1. The van der Waals surface area contributed by atoms with Crippen molar-refractivity contribution < 1.29 is 4.79 Å². The number of hydrogen-bond acceptors (Lipinski definition) is 5. The standard InChI is InChI=1S/C14H18IN5OS/c1-2-3-7-12-18-19-14(20(12)16)22-9-13(21)17-11-6-4-5-10(15)8-11/h4-6,8H,2-3,7,9,16H2,1H3,(H,17,21). The number of anilines is 1. The highest BCUT2D eigenvalue weighted by Gasteiger charge is 2.12. The average Bonchev–Trinajstić information content (AvgIpc) is 2.83. The molecule has 0 saturated carbocycles. The van der Waals surface area contributed by atoms with Gasteiger partial charge in [-0.25, -0.2) is 4.68 Å². The SMILES string of the molecule is CCCCc1nnc(SCC(=O)Nc2cccc(I)c2)n1N. The molecule has 22 heavy (non-hydrogen) atoms. The number of nitrogens with two attached hydrogens (primary N) is 1. The van der Waals surface area contributed by atoms with Crippen molar-refractivity contribution in [2.24, 2.45) is 0 Å². The lowest BCUT2D eigenvalue weighted by Crippen LogP contribution is -2.17. The van der Waals surface area contributed by atoms with Crippen molar-refractivity contribution in [3.63, 3.8) is 0 Å². The summed E-state index contributed by atoms with van der Waals surface area (Å²) in [7, 11) is 0. The van der Waals surface area contributed by atoms with Gasteiger partial charge in [-0.15, -0.1) is 10.2 Å². The molecule has 0 spiro atoms. The van der Waals surface area contributed by atoms with Crippen LogP contribution in [0.3, 0.4) is 0 Å². The van der Waals surface area contributed by atoms with E-state index in [0.29, 0.717) is 5.16 Å². The van der Waals surface area contributed by atoms with Crippen LogP contribution in [-0.2, 0) is 11.2 Å². The number of carbonyl (C=O) groups is 1. The summed E-state index contributed by atoms with van der Waals surface area (Å²) in [4.78, 5) is 12.0. The number of halogens is 1. The molecule has 0 aliphatic heterocycles. The number of aromatic nitrogens is 3. The topological polar surface area (TPSA) is 85.8 Å². The number of thioether (sulfide) groups is 1. The Kier molecular flexibility index (Phi) is 6.49. The van der Waals surface area contributed by atoms with Crippen molar-refractivity contribution >= 4 is 45.9 Å². The Morgan fingerprint density at radius 2 is 2.27 bits per heavy atom. The number of benzene rings is 1. The number of amides is 1. The Morgan fingerprint density at radius 3 is 3.00 bits per heavy atom. The van der Waals surface area contributed by atoms with Crippen molar-refractivity contribution in [2.75, 3.05) is 16.9 Å². The van der Waals surface area contributed by atoms with Crippen molar-refractivity contribution in [2.45, 2.75) is 31.3 Å². The van der Waals surface area contributed by atoms with Gasteiger partial charge in [0.1, 0.15) is 0 Å². The lowest BCUT2D eigenvalue weighted by atomic mass is 10.2. The van der Waals surface area contributed by atoms with Crippen LogP contribution < -0.4 is 11.2 Å². The summed E-state index contributed by atoms with van der Waals surface area (Å²) in [5.74, 6) is 6.85. The van der Waals surface area contributed by atoms with E-state index in [0.717, 1.165) is 34.3 Å². The van der Waals surface area contributed by atoms with Gasteiger partial charge < -0.3 is 11.2 Å². The molecule has 0 fully saturated rings. The molecule has 8 heteroatoms. The Hall–Kier alpha value is -1.29. The summed E-state index contributed by atoms with van der Waals surface area (Å²) in [5.41, 5.74) is 0.787. The molecule has 2 rings (SSSR count). The number of aryl methyl sites for hydroxylation is 1. The number of rotatable bonds is 7. The highest BCUT2D eigenvalue weighted by atomic mass is 127. The summed E-state index contributed by atoms with van der Waals surface area (Å²) in [6, 6.07) is 7.65. The van der Waals surface area contributed by atoms with Gasteiger partial charge >= 0.3 is 0 Å². The van der Waals surface area contributed by atoms with Crippen LogP contribution in [0.1, 0.15) is 25.6 Å². The van der Waals surface area contributed by atoms with E-state index >= 15 is 0 Å². The minimum Gasteiger partial charge on any atom is -0.336 e. The zero-order valence-corrected chi connectivity index (χ0v) is 15.2. The van der Waals surface area contributed by atoms with E-state index in [9.17, 15) is 4.79 Å². The molecule has 0 radical (unpaired) electrons. The molecule has 0 bridgehead atoms. The highest BCUT2D eigenvalue weighted by Crippen LogP contribution is 2.17. The maximum atomic E-state index is 12.0. The number of carbonyl (C=O) groups excluding carboxylic acids is 1. The van der Waals surface area contributed by atoms with Gasteiger partial charge in [0.2, 0.25) is 11.1 Å². The van der Waals surface area contributed by atoms with Crippen LogP contribution >= 0.6 is 34.4 Å². The first-order valence-corrected chi connectivity index (χ1v) is 9.04. The minimum absolute atomic E-state index is 0.0925. The van der Waals surface area contributed by atoms with Crippen LogP contribution in [0.5, 0.6) is 0 Å². The predicted molar refractivity (Wildman–Crippen MR) is 97.3 cm³/mol. The van der Waals surface area contributed by atoms with E-state index in [1.165, 1.54) is 16.4 Å². The van der Waals surface area contributed by atoms with Crippen molar-refractivity contribution in [1.29, 1.82) is 0 Å². The van der Waals surface area contributed by atoms with Gasteiger partial charge in [0.05, 0.1) is 5.75 Å². The van der Waals surface area contributed by atoms with Crippen LogP contribution in [-0.4, -0.2) is 26.5 Å². The second-order valence-electron chi connectivity index (χ2n) is 4.72. The molecule has 3 N–H and O–H groups in total. The molecule has 1 aromatic heterocycles. The first-order valence-electron chi connectivity index (χ1n) is 6.97. The summed E-state index contributed by atoms with van der Waals surface area (Å²) < 4.78 is 2.55. The maximum absolute atomic E-state index is 12.0. The molecular weight excluding hydrogens is 413 g/mol. The smallest absolute Gasteiger partial charge is 0.234 e. The van der Waals surface area contributed by atoms with Crippen LogP contribution in [0, 0.1) is 3.57 Å². The zero-order chi connectivity index (χ0) is 15.9. The third-order valence-electron chi connectivity index (χ3n) is 2.93. The van der Waals surface area contributed by atoms with Gasteiger partial charge in [-0.3, -0.25) is 4.79 Å². The number of nitrogens with one attached hydrogen (secondary N) is 1. The fraction of sp³-hybridized carbons (Fsp3) is 0.357. The molecule has 6 nitrogen and oxygen atoms in total. The fourth-order valence-corrected chi connectivity index (χ4v) is 3.02. The summed E-state index contributed by atoms with van der Waals surface area (Å²) in [6.07, 6.45) is 2.90. The van der Waals surface area contributed by atoms with Crippen molar-refractivity contribution in [1.82, 2.24) is 14.9 Å². The lowest BCUT2D eigenvalue weighted by Gasteiger charge is -2.05. The molecule has 1 heterocycles. The fourth-order valence-electron chi connectivity index (χ4n) is 1.80. The van der Waals surface area contributed by atoms with Gasteiger partial charge in [-0.05, 0) is 47.2 Å².